The quantitative estimate of drug-likeness (QED) is 0.389. The van der Waals surface area contributed by atoms with Crippen LogP contribution in [0.25, 0.3) is 11.7 Å². The van der Waals surface area contributed by atoms with Crippen LogP contribution in [-0.4, -0.2) is 26.2 Å². The van der Waals surface area contributed by atoms with Gasteiger partial charge in [-0.3, -0.25) is 4.79 Å². The lowest BCUT2D eigenvalue weighted by Crippen LogP contribution is -2.12. The Labute approximate surface area is 180 Å². The van der Waals surface area contributed by atoms with E-state index < -0.39 is 0 Å². The third-order valence-electron chi connectivity index (χ3n) is 3.99. The Morgan fingerprint density at radius 3 is 2.97 bits per heavy atom. The van der Waals surface area contributed by atoms with Crippen molar-refractivity contribution in [3.8, 4) is 11.7 Å². The summed E-state index contributed by atoms with van der Waals surface area (Å²) >= 11 is 7.34. The molecule has 0 spiro atoms. The average molecular weight is 446 g/mol. The van der Waals surface area contributed by atoms with Gasteiger partial charge in [-0.05, 0) is 36.8 Å². The molecule has 0 saturated carbocycles. The van der Waals surface area contributed by atoms with Gasteiger partial charge in [0.1, 0.15) is 0 Å². The molecule has 3 aromatic heterocycles. The molecule has 1 aromatic carbocycles. The summed E-state index contributed by atoms with van der Waals surface area (Å²) in [7, 11) is 0. The third-order valence-corrected chi connectivity index (χ3v) is 5.22. The van der Waals surface area contributed by atoms with E-state index in [0.717, 1.165) is 5.56 Å². The molecule has 0 aliphatic heterocycles. The van der Waals surface area contributed by atoms with Gasteiger partial charge in [-0.25, -0.2) is 0 Å². The summed E-state index contributed by atoms with van der Waals surface area (Å²) in [5.41, 5.74) is 1.59. The number of hydrogen-bond donors (Lipinski definition) is 1. The summed E-state index contributed by atoms with van der Waals surface area (Å²) < 4.78 is 15.9. The molecular weight excluding hydrogens is 430 g/mol. The highest BCUT2D eigenvalue weighted by atomic mass is 35.5. The number of rotatable bonds is 8. The molecule has 3 heterocycles. The number of nitrogens with one attached hydrogen (secondary N) is 1. The summed E-state index contributed by atoms with van der Waals surface area (Å²) in [6.07, 6.45) is 2.06. The molecular formula is C19H16ClN5O4S. The van der Waals surface area contributed by atoms with Crippen LogP contribution in [0.4, 0.5) is 5.69 Å². The first-order chi connectivity index (χ1) is 14.6. The molecule has 11 heteroatoms. The zero-order valence-electron chi connectivity index (χ0n) is 15.8. The molecule has 30 heavy (non-hydrogen) atoms. The molecule has 1 N–H and O–H groups in total. The van der Waals surface area contributed by atoms with E-state index in [-0.39, 0.29) is 12.3 Å². The van der Waals surface area contributed by atoms with E-state index in [1.165, 1.54) is 18.0 Å². The average Bonchev–Trinajstić information content (AvgIpc) is 3.49. The smallest absolute Gasteiger partial charge is 0.284 e. The van der Waals surface area contributed by atoms with Gasteiger partial charge in [0.2, 0.25) is 11.8 Å². The van der Waals surface area contributed by atoms with Crippen LogP contribution in [0.2, 0.25) is 5.02 Å². The second-order valence-corrected chi connectivity index (χ2v) is 7.59. The zero-order valence-corrected chi connectivity index (χ0v) is 17.4. The normalized spacial score (nSPS) is 11.0. The summed E-state index contributed by atoms with van der Waals surface area (Å²) in [4.78, 5) is 16.4. The Morgan fingerprint density at radius 1 is 1.27 bits per heavy atom. The minimum absolute atomic E-state index is 0.166. The largest absolute Gasteiger partial charge is 0.459 e. The first-order valence-corrected chi connectivity index (χ1v) is 10.3. The summed E-state index contributed by atoms with van der Waals surface area (Å²) in [5, 5.41) is 15.5. The fourth-order valence-electron chi connectivity index (χ4n) is 2.46. The van der Waals surface area contributed by atoms with Crippen molar-refractivity contribution in [1.29, 1.82) is 0 Å². The zero-order chi connectivity index (χ0) is 20.9. The van der Waals surface area contributed by atoms with Crippen molar-refractivity contribution >= 4 is 35.0 Å². The second kappa shape index (κ2) is 9.14. The molecule has 154 valence electrons. The molecule has 0 fully saturated rings. The van der Waals surface area contributed by atoms with Crippen LogP contribution in [0.15, 0.2) is 55.2 Å². The highest BCUT2D eigenvalue weighted by Crippen LogP contribution is 2.25. The van der Waals surface area contributed by atoms with Gasteiger partial charge in [0.25, 0.3) is 11.1 Å². The number of hydrogen-bond acceptors (Lipinski definition) is 9. The number of aromatic nitrogens is 4. The molecule has 0 unspecified atom stereocenters. The number of thioether (sulfide) groups is 1. The number of carbonyl (C=O) groups is 1. The third kappa shape index (κ3) is 5.08. The number of furan rings is 1. The van der Waals surface area contributed by atoms with Crippen molar-refractivity contribution in [1.82, 2.24) is 20.3 Å². The Hall–Kier alpha value is -3.11. The monoisotopic (exact) mass is 445 g/mol. The van der Waals surface area contributed by atoms with Crippen molar-refractivity contribution in [2.45, 2.75) is 30.7 Å². The van der Waals surface area contributed by atoms with Gasteiger partial charge in [-0.1, -0.05) is 34.6 Å². The van der Waals surface area contributed by atoms with Gasteiger partial charge in [0.15, 0.2) is 11.6 Å². The number of nitrogens with zero attached hydrogens (tertiary/aromatic N) is 4. The summed E-state index contributed by atoms with van der Waals surface area (Å²) in [6.45, 7) is 1.90. The van der Waals surface area contributed by atoms with E-state index in [2.05, 4.69) is 25.7 Å². The van der Waals surface area contributed by atoms with E-state index in [1.807, 2.05) is 13.0 Å². The van der Waals surface area contributed by atoms with Crippen LogP contribution in [0.5, 0.6) is 0 Å². The fraction of sp³-hybridized carbons (Fsp3) is 0.211. The van der Waals surface area contributed by atoms with Crippen LogP contribution in [0.1, 0.15) is 23.7 Å². The van der Waals surface area contributed by atoms with Crippen molar-refractivity contribution in [2.24, 2.45) is 0 Å². The maximum absolute atomic E-state index is 12.1. The number of benzene rings is 1. The van der Waals surface area contributed by atoms with E-state index in [9.17, 15) is 4.79 Å². The number of carbonyl (C=O) groups excluding carboxylic acids is 1. The van der Waals surface area contributed by atoms with E-state index >= 15 is 0 Å². The molecule has 0 atom stereocenters. The van der Waals surface area contributed by atoms with Crippen LogP contribution in [0.3, 0.4) is 0 Å². The predicted octanol–water partition coefficient (Wildman–Crippen LogP) is 4.54. The highest BCUT2D eigenvalue weighted by Gasteiger charge is 2.14. The molecule has 0 bridgehead atoms. The lowest BCUT2D eigenvalue weighted by atomic mass is 10.2. The van der Waals surface area contributed by atoms with E-state index in [0.29, 0.717) is 51.5 Å². The molecule has 0 radical (unpaired) electrons. The van der Waals surface area contributed by atoms with Crippen molar-refractivity contribution in [3.63, 3.8) is 0 Å². The lowest BCUT2D eigenvalue weighted by molar-refractivity contribution is -0.116. The second-order valence-electron chi connectivity index (χ2n) is 6.26. The predicted molar refractivity (Wildman–Crippen MR) is 109 cm³/mol. The minimum Gasteiger partial charge on any atom is -0.459 e. The van der Waals surface area contributed by atoms with Crippen LogP contribution in [-0.2, 0) is 17.0 Å². The topological polar surface area (TPSA) is 120 Å². The molecule has 0 aliphatic carbocycles. The van der Waals surface area contributed by atoms with Crippen LogP contribution in [0, 0.1) is 6.92 Å². The van der Waals surface area contributed by atoms with Crippen molar-refractivity contribution in [3.05, 3.63) is 58.9 Å². The fourth-order valence-corrected chi connectivity index (χ4v) is 3.25. The summed E-state index contributed by atoms with van der Waals surface area (Å²) in [6, 6.07) is 8.84. The molecule has 4 rings (SSSR count). The Morgan fingerprint density at radius 2 is 2.17 bits per heavy atom. The minimum atomic E-state index is -0.166. The molecule has 9 nitrogen and oxygen atoms in total. The van der Waals surface area contributed by atoms with Gasteiger partial charge >= 0.3 is 0 Å². The Bertz CT molecular complexity index is 1140. The number of aryl methyl sites for hydroxylation is 2. The molecule has 0 aliphatic rings. The van der Waals surface area contributed by atoms with Crippen LogP contribution < -0.4 is 5.32 Å². The van der Waals surface area contributed by atoms with E-state index in [4.69, 9.17) is 25.0 Å². The maximum atomic E-state index is 12.1. The first-order valence-electron chi connectivity index (χ1n) is 8.94. The van der Waals surface area contributed by atoms with Gasteiger partial charge in [0.05, 0.1) is 12.0 Å². The highest BCUT2D eigenvalue weighted by molar-refractivity contribution is 7.98. The first kappa shape index (κ1) is 20.2. The molecule has 1 amide bonds. The van der Waals surface area contributed by atoms with Gasteiger partial charge in [-0.15, -0.1) is 10.2 Å². The van der Waals surface area contributed by atoms with Gasteiger partial charge in [-0.2, -0.15) is 4.98 Å². The van der Waals surface area contributed by atoms with Crippen molar-refractivity contribution < 1.29 is 18.2 Å². The van der Waals surface area contributed by atoms with Gasteiger partial charge < -0.3 is 18.7 Å². The van der Waals surface area contributed by atoms with E-state index in [1.54, 1.807) is 24.3 Å². The molecule has 4 aromatic rings. The summed E-state index contributed by atoms with van der Waals surface area (Å²) in [5.74, 6) is 1.88. The maximum Gasteiger partial charge on any atom is 0.284 e. The molecule has 0 saturated heterocycles. The Balaban J connectivity index is 1.25. The standard InChI is InChI=1S/C19H16ClN5O4S/c1-11-4-5-12(9-13(11)20)21-16(26)6-7-17-22-15(25-29-17)10-30-19-24-23-18(28-19)14-3-2-8-27-14/h2-5,8-9H,6-7,10H2,1H3,(H,21,26). The van der Waals surface area contributed by atoms with Crippen LogP contribution >= 0.6 is 23.4 Å². The number of halogens is 1. The lowest BCUT2D eigenvalue weighted by Gasteiger charge is -2.06. The Kier molecular flexibility index (Phi) is 6.15. The number of anilines is 1. The SMILES string of the molecule is Cc1ccc(NC(=O)CCc2nc(CSc3nnc(-c4ccco4)o3)no2)cc1Cl. The van der Waals surface area contributed by atoms with Gasteiger partial charge in [0, 0.05) is 23.6 Å². The van der Waals surface area contributed by atoms with Crippen molar-refractivity contribution in [2.75, 3.05) is 5.32 Å². The number of amides is 1.